The largest absolute Gasteiger partial charge is 0.494 e. The molecule has 1 aromatic carbocycles. The van der Waals surface area contributed by atoms with Crippen LogP contribution in [0.5, 0.6) is 5.75 Å². The van der Waals surface area contributed by atoms with E-state index < -0.39 is 10.0 Å². The molecule has 1 aliphatic rings. The Bertz CT molecular complexity index is 1490. The standard InChI is InChI=1S/C25H24N6O3S2/c1-34-22-15-17(10-11-19(22)29-36(2,32)33)31-24(23(28-25(31)35)20-8-3-4-13-27-20)21-9-6-14-30(21)18-7-5-12-26-16-18/h3-16,23-24,29H,1-2H3,(H,28,35)/t23-,24+/m1/s1. The molecule has 2 N–H and O–H groups in total. The number of rotatable bonds is 7. The molecule has 1 fully saturated rings. The van der Waals surface area contributed by atoms with Gasteiger partial charge in [-0.1, -0.05) is 6.07 Å². The average Bonchev–Trinajstić information content (AvgIpc) is 3.49. The van der Waals surface area contributed by atoms with E-state index in [1.54, 1.807) is 30.7 Å². The zero-order valence-corrected chi connectivity index (χ0v) is 21.2. The maximum atomic E-state index is 11.8. The van der Waals surface area contributed by atoms with Crippen LogP contribution in [-0.4, -0.2) is 41.4 Å². The molecule has 3 aromatic heterocycles. The minimum atomic E-state index is -3.48. The number of ether oxygens (including phenoxy) is 1. The first-order valence-electron chi connectivity index (χ1n) is 11.1. The lowest BCUT2D eigenvalue weighted by molar-refractivity contribution is 0.417. The second-order valence-corrected chi connectivity index (χ2v) is 10.4. The van der Waals surface area contributed by atoms with E-state index in [4.69, 9.17) is 17.0 Å². The summed E-state index contributed by atoms with van der Waals surface area (Å²) in [6, 6.07) is 18.4. The van der Waals surface area contributed by atoms with Gasteiger partial charge in [-0.2, -0.15) is 0 Å². The smallest absolute Gasteiger partial charge is 0.229 e. The molecule has 0 bridgehead atoms. The molecular formula is C25H24N6O3S2. The van der Waals surface area contributed by atoms with Crippen LogP contribution in [0.2, 0.25) is 0 Å². The topological polar surface area (TPSA) is 101 Å². The fourth-order valence-electron chi connectivity index (χ4n) is 4.41. The number of benzene rings is 1. The number of pyridine rings is 2. The quantitative estimate of drug-likeness (QED) is 0.355. The second kappa shape index (κ2) is 9.59. The molecule has 1 aliphatic heterocycles. The highest BCUT2D eigenvalue weighted by molar-refractivity contribution is 7.92. The van der Waals surface area contributed by atoms with Gasteiger partial charge in [0, 0.05) is 36.0 Å². The van der Waals surface area contributed by atoms with Gasteiger partial charge < -0.3 is 19.5 Å². The van der Waals surface area contributed by atoms with Crippen molar-refractivity contribution in [3.05, 3.63) is 96.8 Å². The van der Waals surface area contributed by atoms with Crippen LogP contribution in [0.3, 0.4) is 0 Å². The molecule has 4 heterocycles. The SMILES string of the molecule is COc1cc(N2C(=S)N[C@H](c3ccccn3)[C@@H]2c2cccn2-c2cccnc2)ccc1NS(C)(=O)=O. The van der Waals surface area contributed by atoms with E-state index in [2.05, 4.69) is 24.6 Å². The van der Waals surface area contributed by atoms with Crippen molar-refractivity contribution in [3.63, 3.8) is 0 Å². The van der Waals surface area contributed by atoms with Crippen molar-refractivity contribution >= 4 is 38.7 Å². The molecule has 4 aromatic rings. The lowest BCUT2D eigenvalue weighted by Gasteiger charge is -2.29. The molecule has 0 saturated carbocycles. The van der Waals surface area contributed by atoms with E-state index in [1.165, 1.54) is 7.11 Å². The van der Waals surface area contributed by atoms with Gasteiger partial charge >= 0.3 is 0 Å². The molecule has 5 rings (SSSR count). The highest BCUT2D eigenvalue weighted by atomic mass is 32.2. The molecule has 0 aliphatic carbocycles. The molecule has 0 amide bonds. The normalized spacial score (nSPS) is 17.6. The predicted octanol–water partition coefficient (Wildman–Crippen LogP) is 3.82. The molecule has 2 atom stereocenters. The number of anilines is 2. The van der Waals surface area contributed by atoms with E-state index in [9.17, 15) is 8.42 Å². The van der Waals surface area contributed by atoms with Gasteiger partial charge in [-0.25, -0.2) is 8.42 Å². The van der Waals surface area contributed by atoms with Crippen LogP contribution < -0.4 is 19.7 Å². The van der Waals surface area contributed by atoms with Gasteiger partial charge in [-0.3, -0.25) is 14.7 Å². The number of methoxy groups -OCH3 is 1. The fraction of sp³-hybridized carbons (Fsp3) is 0.160. The Morgan fingerprint density at radius 1 is 1.06 bits per heavy atom. The first kappa shape index (κ1) is 23.8. The Kier molecular flexibility index (Phi) is 6.33. The van der Waals surface area contributed by atoms with Crippen LogP contribution in [0.4, 0.5) is 11.4 Å². The van der Waals surface area contributed by atoms with Crippen molar-refractivity contribution < 1.29 is 13.2 Å². The molecule has 1 saturated heterocycles. The minimum absolute atomic E-state index is 0.246. The third-order valence-electron chi connectivity index (χ3n) is 5.86. The lowest BCUT2D eigenvalue weighted by atomic mass is 10.0. The van der Waals surface area contributed by atoms with E-state index >= 15 is 0 Å². The van der Waals surface area contributed by atoms with Crippen molar-refractivity contribution in [2.75, 3.05) is 23.0 Å². The monoisotopic (exact) mass is 520 g/mol. The van der Waals surface area contributed by atoms with Crippen LogP contribution in [0.1, 0.15) is 23.5 Å². The summed E-state index contributed by atoms with van der Waals surface area (Å²) < 4.78 is 33.7. The molecule has 0 spiro atoms. The lowest BCUT2D eigenvalue weighted by Crippen LogP contribution is -2.30. The summed E-state index contributed by atoms with van der Waals surface area (Å²) in [6.45, 7) is 0. The van der Waals surface area contributed by atoms with Gasteiger partial charge in [0.2, 0.25) is 10.0 Å². The maximum absolute atomic E-state index is 11.8. The first-order valence-corrected chi connectivity index (χ1v) is 13.4. The number of thiocarbonyl (C=S) groups is 1. The Morgan fingerprint density at radius 2 is 1.92 bits per heavy atom. The second-order valence-electron chi connectivity index (χ2n) is 8.27. The number of nitrogens with one attached hydrogen (secondary N) is 2. The highest BCUT2D eigenvalue weighted by Gasteiger charge is 2.42. The van der Waals surface area contributed by atoms with Crippen molar-refractivity contribution in [1.82, 2.24) is 19.9 Å². The summed E-state index contributed by atoms with van der Waals surface area (Å²) in [6.07, 6.45) is 8.38. The predicted molar refractivity (Wildman–Crippen MR) is 143 cm³/mol. The van der Waals surface area contributed by atoms with Gasteiger partial charge in [0.25, 0.3) is 0 Å². The summed E-state index contributed by atoms with van der Waals surface area (Å²) >= 11 is 5.82. The summed E-state index contributed by atoms with van der Waals surface area (Å²) in [5.41, 5.74) is 3.82. The molecular weight excluding hydrogens is 496 g/mol. The number of sulfonamides is 1. The molecule has 184 valence electrons. The van der Waals surface area contributed by atoms with Crippen molar-refractivity contribution in [3.8, 4) is 11.4 Å². The van der Waals surface area contributed by atoms with Crippen LogP contribution in [0.15, 0.2) is 85.5 Å². The Labute approximate surface area is 214 Å². The fourth-order valence-corrected chi connectivity index (χ4v) is 5.33. The maximum Gasteiger partial charge on any atom is 0.229 e. The molecule has 36 heavy (non-hydrogen) atoms. The average molecular weight is 521 g/mol. The molecule has 9 nitrogen and oxygen atoms in total. The van der Waals surface area contributed by atoms with Gasteiger partial charge in [0.05, 0.1) is 42.7 Å². The van der Waals surface area contributed by atoms with E-state index in [-0.39, 0.29) is 12.1 Å². The van der Waals surface area contributed by atoms with Crippen LogP contribution in [0.25, 0.3) is 5.69 Å². The number of aromatic nitrogens is 3. The summed E-state index contributed by atoms with van der Waals surface area (Å²) in [5.74, 6) is 0.378. The molecule has 0 unspecified atom stereocenters. The van der Waals surface area contributed by atoms with Crippen LogP contribution >= 0.6 is 12.2 Å². The highest BCUT2D eigenvalue weighted by Crippen LogP contribution is 2.43. The van der Waals surface area contributed by atoms with Gasteiger partial charge in [-0.05, 0) is 60.7 Å². The third-order valence-corrected chi connectivity index (χ3v) is 6.77. The Balaban J connectivity index is 1.64. The summed E-state index contributed by atoms with van der Waals surface area (Å²) in [7, 11) is -1.98. The zero-order chi connectivity index (χ0) is 25.3. The zero-order valence-electron chi connectivity index (χ0n) is 19.6. The summed E-state index contributed by atoms with van der Waals surface area (Å²) in [4.78, 5) is 10.9. The molecule has 11 heteroatoms. The summed E-state index contributed by atoms with van der Waals surface area (Å²) in [5, 5.41) is 3.95. The minimum Gasteiger partial charge on any atom is -0.494 e. The number of hydrogen-bond acceptors (Lipinski definition) is 6. The van der Waals surface area contributed by atoms with Crippen LogP contribution in [-0.2, 0) is 10.0 Å². The van der Waals surface area contributed by atoms with Crippen molar-refractivity contribution in [2.45, 2.75) is 12.1 Å². The Hall–Kier alpha value is -3.96. The van der Waals surface area contributed by atoms with Gasteiger partial charge in [0.15, 0.2) is 5.11 Å². The van der Waals surface area contributed by atoms with Crippen LogP contribution in [0, 0.1) is 0 Å². The van der Waals surface area contributed by atoms with Gasteiger partial charge in [-0.15, -0.1) is 0 Å². The Morgan fingerprint density at radius 3 is 2.61 bits per heavy atom. The van der Waals surface area contributed by atoms with E-state index in [1.807, 2.05) is 59.6 Å². The van der Waals surface area contributed by atoms with Gasteiger partial charge in [0.1, 0.15) is 11.8 Å². The first-order chi connectivity index (χ1) is 17.4. The number of nitrogens with zero attached hydrogens (tertiary/aromatic N) is 4. The van der Waals surface area contributed by atoms with E-state index in [0.717, 1.165) is 29.0 Å². The van der Waals surface area contributed by atoms with E-state index in [0.29, 0.717) is 16.5 Å². The van der Waals surface area contributed by atoms with Crippen molar-refractivity contribution in [1.29, 1.82) is 0 Å². The van der Waals surface area contributed by atoms with Crippen molar-refractivity contribution in [2.24, 2.45) is 0 Å². The number of hydrogen-bond donors (Lipinski definition) is 2. The third kappa shape index (κ3) is 4.62. The molecule has 0 radical (unpaired) electrons.